The predicted molar refractivity (Wildman–Crippen MR) is 98.2 cm³/mol. The zero-order valence-electron chi connectivity index (χ0n) is 15.0. The van der Waals surface area contributed by atoms with E-state index in [1.54, 1.807) is 43.8 Å². The highest BCUT2D eigenvalue weighted by Crippen LogP contribution is 2.22. The van der Waals surface area contributed by atoms with E-state index in [1.807, 2.05) is 0 Å². The number of Topliss-reactive ketones (excluding diaryl/α,β-unsaturated/α-hetero) is 1. The molecule has 1 aliphatic rings. The molecular weight excluding hydrogens is 348 g/mol. The predicted octanol–water partition coefficient (Wildman–Crippen LogP) is 0.807. The van der Waals surface area contributed by atoms with E-state index in [1.165, 1.54) is 17.0 Å². The van der Waals surface area contributed by atoms with Gasteiger partial charge >= 0.3 is 5.69 Å². The number of rotatable bonds is 2. The zero-order valence-corrected chi connectivity index (χ0v) is 15.0. The third-order valence-electron chi connectivity index (χ3n) is 4.84. The maximum Gasteiger partial charge on any atom is 0.332 e. The van der Waals surface area contributed by atoms with Crippen molar-refractivity contribution in [2.45, 2.75) is 13.5 Å². The first-order valence-electron chi connectivity index (χ1n) is 8.30. The van der Waals surface area contributed by atoms with Crippen molar-refractivity contribution in [2.75, 3.05) is 0 Å². The van der Waals surface area contributed by atoms with Crippen LogP contribution in [0, 0.1) is 0 Å². The molecule has 0 saturated heterocycles. The minimum atomic E-state index is -0.498. The zero-order chi connectivity index (χ0) is 19.5. The minimum absolute atomic E-state index is 0.00978. The summed E-state index contributed by atoms with van der Waals surface area (Å²) in [5.41, 5.74) is 1.27. The van der Waals surface area contributed by atoms with Crippen LogP contribution in [-0.4, -0.2) is 30.3 Å². The van der Waals surface area contributed by atoms with E-state index >= 15 is 0 Å². The number of hydrogen-bond acceptors (Lipinski definition) is 5. The number of imidazole rings is 1. The van der Waals surface area contributed by atoms with Gasteiger partial charge in [-0.1, -0.05) is 6.07 Å². The van der Waals surface area contributed by atoms with Crippen LogP contribution >= 0.6 is 0 Å². The highest BCUT2D eigenvalue weighted by molar-refractivity contribution is 6.24. The Bertz CT molecular complexity index is 1300. The van der Waals surface area contributed by atoms with Gasteiger partial charge in [0.1, 0.15) is 0 Å². The van der Waals surface area contributed by atoms with Crippen molar-refractivity contribution in [3.63, 3.8) is 0 Å². The largest absolute Gasteiger partial charge is 0.332 e. The van der Waals surface area contributed by atoms with Crippen molar-refractivity contribution >= 4 is 22.7 Å². The van der Waals surface area contributed by atoms with Crippen LogP contribution in [-0.2, 0) is 20.6 Å². The van der Waals surface area contributed by atoms with Crippen molar-refractivity contribution < 1.29 is 9.59 Å². The van der Waals surface area contributed by atoms with E-state index in [0.717, 1.165) is 4.57 Å². The van der Waals surface area contributed by atoms with Crippen molar-refractivity contribution in [2.24, 2.45) is 14.1 Å². The Morgan fingerprint density at radius 1 is 1.04 bits per heavy atom. The smallest absolute Gasteiger partial charge is 0.328 e. The maximum absolute atomic E-state index is 12.8. The molecule has 0 atom stereocenters. The topological polar surface area (TPSA) is 96.0 Å². The number of allylic oxidation sites excluding steroid dienone is 2. The molecule has 4 rings (SSSR count). The number of nitrogens with zero attached hydrogens (tertiary/aromatic N) is 4. The maximum atomic E-state index is 12.8. The Balaban J connectivity index is 1.87. The van der Waals surface area contributed by atoms with Crippen molar-refractivity contribution in [3.8, 4) is 0 Å². The summed E-state index contributed by atoms with van der Waals surface area (Å²) < 4.78 is 3.98. The first-order valence-corrected chi connectivity index (χ1v) is 8.30. The molecular formula is C19H16N4O4. The standard InChI is InChI=1S/C19H16N4O4/c1-10-6-14(24)12-5-4-11(7-13(12)16(10)25)8-23-18(26)15-17(20-9-21(15)2)22(3)19(23)27/h4-7,9H,8H2,1-3H3. The second kappa shape index (κ2) is 5.73. The Labute approximate surface area is 153 Å². The Morgan fingerprint density at radius 3 is 2.52 bits per heavy atom. The molecule has 1 aliphatic carbocycles. The molecule has 0 fully saturated rings. The molecule has 0 bridgehead atoms. The Morgan fingerprint density at radius 2 is 1.78 bits per heavy atom. The molecule has 0 aliphatic heterocycles. The second-order valence-corrected chi connectivity index (χ2v) is 6.66. The molecule has 2 aromatic heterocycles. The lowest BCUT2D eigenvalue weighted by Gasteiger charge is -2.14. The summed E-state index contributed by atoms with van der Waals surface area (Å²) in [6.07, 6.45) is 2.80. The molecule has 3 aromatic rings. The number of hydrogen-bond donors (Lipinski definition) is 0. The fourth-order valence-corrected chi connectivity index (χ4v) is 3.36. The summed E-state index contributed by atoms with van der Waals surface area (Å²) in [7, 11) is 3.24. The number of carbonyl (C=O) groups excluding carboxylic acids is 2. The minimum Gasteiger partial charge on any atom is -0.328 e. The molecule has 8 nitrogen and oxygen atoms in total. The lowest BCUT2D eigenvalue weighted by molar-refractivity contribution is 0.0984. The number of aromatic nitrogens is 4. The van der Waals surface area contributed by atoms with Gasteiger partial charge in [0.25, 0.3) is 5.56 Å². The van der Waals surface area contributed by atoms with Crippen LogP contribution in [0.5, 0.6) is 0 Å². The number of fused-ring (bicyclic) bond motifs is 2. The van der Waals surface area contributed by atoms with Crippen LogP contribution in [0.3, 0.4) is 0 Å². The molecule has 0 spiro atoms. The van der Waals surface area contributed by atoms with Gasteiger partial charge in [0.15, 0.2) is 22.7 Å². The van der Waals surface area contributed by atoms with Crippen LogP contribution in [0.1, 0.15) is 33.2 Å². The van der Waals surface area contributed by atoms with E-state index in [2.05, 4.69) is 4.98 Å². The quantitative estimate of drug-likeness (QED) is 0.670. The number of carbonyl (C=O) groups is 2. The normalized spacial score (nSPS) is 13.8. The molecule has 0 saturated carbocycles. The summed E-state index contributed by atoms with van der Waals surface area (Å²) in [6, 6.07) is 4.79. The van der Waals surface area contributed by atoms with Gasteiger partial charge in [-0.15, -0.1) is 0 Å². The van der Waals surface area contributed by atoms with Crippen molar-refractivity contribution in [1.29, 1.82) is 0 Å². The summed E-state index contributed by atoms with van der Waals surface area (Å²) in [6.45, 7) is 1.58. The molecule has 0 radical (unpaired) electrons. The monoisotopic (exact) mass is 364 g/mol. The summed E-state index contributed by atoms with van der Waals surface area (Å²) in [4.78, 5) is 54.0. The van der Waals surface area contributed by atoms with Gasteiger partial charge in [-0.05, 0) is 30.7 Å². The second-order valence-electron chi connectivity index (χ2n) is 6.66. The highest BCUT2D eigenvalue weighted by atomic mass is 16.2. The Kier molecular flexibility index (Phi) is 3.59. The molecule has 8 heteroatoms. The molecule has 0 N–H and O–H groups in total. The number of benzene rings is 1. The molecule has 0 unspecified atom stereocenters. The Hall–Kier alpha value is -3.55. The molecule has 136 valence electrons. The average Bonchev–Trinajstić information content (AvgIpc) is 3.03. The number of ketones is 2. The van der Waals surface area contributed by atoms with Crippen molar-refractivity contribution in [1.82, 2.24) is 18.7 Å². The fourth-order valence-electron chi connectivity index (χ4n) is 3.36. The van der Waals surface area contributed by atoms with Gasteiger partial charge in [-0.3, -0.25) is 23.5 Å². The van der Waals surface area contributed by atoms with Crippen LogP contribution in [0.2, 0.25) is 0 Å². The van der Waals surface area contributed by atoms with Gasteiger partial charge in [0.2, 0.25) is 0 Å². The van der Waals surface area contributed by atoms with Gasteiger partial charge in [-0.2, -0.15) is 0 Å². The summed E-state index contributed by atoms with van der Waals surface area (Å²) in [5, 5.41) is 0. The highest BCUT2D eigenvalue weighted by Gasteiger charge is 2.23. The van der Waals surface area contributed by atoms with E-state index in [-0.39, 0.29) is 18.1 Å². The lowest BCUT2D eigenvalue weighted by Crippen LogP contribution is -2.39. The fraction of sp³-hybridized carbons (Fsp3) is 0.211. The van der Waals surface area contributed by atoms with Gasteiger partial charge < -0.3 is 4.57 Å². The molecule has 0 amide bonds. The van der Waals surface area contributed by atoms with E-state index in [0.29, 0.717) is 33.4 Å². The first kappa shape index (κ1) is 16.9. The van der Waals surface area contributed by atoms with E-state index < -0.39 is 11.2 Å². The SMILES string of the molecule is CC1=CC(=O)c2ccc(Cn3c(=O)c4c(ncn4C)n(C)c3=O)cc2C1=O. The number of aryl methyl sites for hydroxylation is 2. The van der Waals surface area contributed by atoms with Gasteiger partial charge in [-0.25, -0.2) is 9.78 Å². The van der Waals surface area contributed by atoms with Crippen LogP contribution in [0.15, 0.2) is 45.8 Å². The van der Waals surface area contributed by atoms with Gasteiger partial charge in [0, 0.05) is 30.8 Å². The van der Waals surface area contributed by atoms with E-state index in [9.17, 15) is 19.2 Å². The molecule has 1 aromatic carbocycles. The third kappa shape index (κ3) is 2.41. The molecule has 2 heterocycles. The third-order valence-corrected chi connectivity index (χ3v) is 4.84. The summed E-state index contributed by atoms with van der Waals surface area (Å²) in [5.74, 6) is -0.452. The van der Waals surface area contributed by atoms with Crippen LogP contribution < -0.4 is 11.2 Å². The van der Waals surface area contributed by atoms with Gasteiger partial charge in [0.05, 0.1) is 12.9 Å². The van der Waals surface area contributed by atoms with E-state index in [4.69, 9.17) is 0 Å². The first-order chi connectivity index (χ1) is 12.8. The van der Waals surface area contributed by atoms with Crippen molar-refractivity contribution in [3.05, 3.63) is 73.7 Å². The lowest BCUT2D eigenvalue weighted by atomic mass is 9.89. The van der Waals surface area contributed by atoms with Crippen LogP contribution in [0.4, 0.5) is 0 Å². The average molecular weight is 364 g/mol. The molecule has 27 heavy (non-hydrogen) atoms. The van der Waals surface area contributed by atoms with Crippen LogP contribution in [0.25, 0.3) is 11.2 Å². The summed E-state index contributed by atoms with van der Waals surface area (Å²) >= 11 is 0.